The minimum absolute atomic E-state index is 0.0528. The van der Waals surface area contributed by atoms with Crippen LogP contribution in [0.15, 0.2) is 121 Å². The lowest BCUT2D eigenvalue weighted by Gasteiger charge is -2.38. The van der Waals surface area contributed by atoms with Crippen LogP contribution in [0.3, 0.4) is 0 Å². The van der Waals surface area contributed by atoms with Crippen LogP contribution in [-0.2, 0) is 114 Å². The minimum atomic E-state index is -1.93. The van der Waals surface area contributed by atoms with Gasteiger partial charge >= 0.3 is 11.9 Å². The number of halogens is 4. The van der Waals surface area contributed by atoms with E-state index in [9.17, 15) is 52.9 Å². The van der Waals surface area contributed by atoms with E-state index in [0.717, 1.165) is 38.8 Å². The number of aromatic nitrogens is 1. The summed E-state index contributed by atoms with van der Waals surface area (Å²) in [5.41, 5.74) is 7.15. The zero-order chi connectivity index (χ0) is 99.5. The highest BCUT2D eigenvalue weighted by molar-refractivity contribution is 8.00. The van der Waals surface area contributed by atoms with E-state index in [1.165, 1.54) is 55.4 Å². The number of carbonyl (C=O) groups is 17. The van der Waals surface area contributed by atoms with Gasteiger partial charge in [0.25, 0.3) is 0 Å². The van der Waals surface area contributed by atoms with Crippen LogP contribution in [0.5, 0.6) is 5.75 Å². The molecule has 5 aromatic carbocycles. The van der Waals surface area contributed by atoms with Crippen molar-refractivity contribution in [1.82, 2.24) is 77.3 Å². The van der Waals surface area contributed by atoms with Gasteiger partial charge in [-0.1, -0.05) is 120 Å². The molecule has 13 atom stereocenters. The summed E-state index contributed by atoms with van der Waals surface area (Å²) >= 11 is 0.642. The number of nitrogens with zero attached hydrogens (tertiary/aromatic N) is 5. The number of thioether (sulfide) groups is 1. The number of para-hydroxylation sites is 1. The molecule has 41 heteroatoms. The maximum atomic E-state index is 15.7. The second-order valence-corrected chi connectivity index (χ2v) is 36.2. The summed E-state index contributed by atoms with van der Waals surface area (Å²) in [6.45, 7) is 7.17. The lowest BCUT2D eigenvalue weighted by Crippen LogP contribution is -2.63. The first-order valence-electron chi connectivity index (χ1n) is 45.3. The number of aromatic amines is 1. The summed E-state index contributed by atoms with van der Waals surface area (Å²) in [5, 5.41) is 54.9. The van der Waals surface area contributed by atoms with Gasteiger partial charge in [-0.3, -0.25) is 81.5 Å². The lowest BCUT2D eigenvalue weighted by molar-refractivity contribution is -0.152. The molecule has 0 radical (unpaired) electrons. The number of hydrogen-bond acceptors (Lipinski definition) is 19. The molecule has 9 rings (SSSR count). The Morgan fingerprint density at radius 1 is 0.500 bits per heavy atom. The summed E-state index contributed by atoms with van der Waals surface area (Å²) in [6.07, 6.45) is -2.24. The zero-order valence-corrected chi connectivity index (χ0v) is 77.8. The number of primary amides is 1. The van der Waals surface area contributed by atoms with Gasteiger partial charge in [0.1, 0.15) is 90.1 Å². The molecule has 0 spiro atoms. The Hall–Kier alpha value is -13.5. The Morgan fingerprint density at radius 2 is 1.01 bits per heavy atom. The summed E-state index contributed by atoms with van der Waals surface area (Å²) < 4.78 is 59.9. The molecular formula is C95H120F4N16O20S. The molecule has 136 heavy (non-hydrogen) atoms. The molecular weight excluding hydrogens is 1790 g/mol. The third-order valence-corrected chi connectivity index (χ3v) is 25.3. The average Bonchev–Trinajstić information content (AvgIpc) is 1.18. The predicted molar refractivity (Wildman–Crippen MR) is 490 cm³/mol. The summed E-state index contributed by atoms with van der Waals surface area (Å²) in [6, 6.07) is 5.20. The smallest absolute Gasteiger partial charge is 0.303 e. The second-order valence-electron chi connectivity index (χ2n) is 35.2. The van der Waals surface area contributed by atoms with Crippen molar-refractivity contribution in [2.75, 3.05) is 52.3 Å². The lowest BCUT2D eigenvalue weighted by atomic mass is 9.97. The zero-order valence-electron chi connectivity index (χ0n) is 77.0. The van der Waals surface area contributed by atoms with Crippen LogP contribution in [0.1, 0.15) is 146 Å². The van der Waals surface area contributed by atoms with Gasteiger partial charge in [0, 0.05) is 102 Å². The molecule has 3 aliphatic heterocycles. The molecule has 0 unspecified atom stereocenters. The highest BCUT2D eigenvalue weighted by Crippen LogP contribution is 2.29. The van der Waals surface area contributed by atoms with Crippen LogP contribution < -0.4 is 53.6 Å². The number of carboxylic acids is 2. The first kappa shape index (κ1) is 106. The third kappa shape index (κ3) is 29.8. The van der Waals surface area contributed by atoms with Crippen molar-refractivity contribution in [3.05, 3.63) is 173 Å². The van der Waals surface area contributed by atoms with Crippen molar-refractivity contribution in [2.45, 2.75) is 229 Å². The fourth-order valence-electron chi connectivity index (χ4n) is 16.8. The van der Waals surface area contributed by atoms with Crippen molar-refractivity contribution >= 4 is 123 Å². The number of aliphatic carboxylic acids is 2. The van der Waals surface area contributed by atoms with Crippen LogP contribution in [0.25, 0.3) is 10.9 Å². The van der Waals surface area contributed by atoms with E-state index in [-0.39, 0.29) is 88.6 Å². The number of carboxylic acid groups (broad SMARTS) is 2. The van der Waals surface area contributed by atoms with Crippen LogP contribution in [0, 0.1) is 35.1 Å². The molecule has 1 aromatic heterocycles. The number of rotatable bonds is 25. The molecule has 3 saturated heterocycles. The molecule has 734 valence electrons. The first-order valence-corrected chi connectivity index (χ1v) is 46.4. The van der Waals surface area contributed by atoms with E-state index in [4.69, 9.17) is 5.73 Å². The molecule has 36 nitrogen and oxygen atoms in total. The molecule has 3 fully saturated rings. The van der Waals surface area contributed by atoms with Gasteiger partial charge in [0.15, 0.2) is 17.5 Å². The number of benzene rings is 5. The van der Waals surface area contributed by atoms with E-state index in [1.54, 1.807) is 95.4 Å². The number of phenols is 1. The van der Waals surface area contributed by atoms with Crippen LogP contribution in [-0.4, -0.2) is 276 Å². The molecule has 15 N–H and O–H groups in total. The van der Waals surface area contributed by atoms with Crippen molar-refractivity contribution in [1.29, 1.82) is 0 Å². The summed E-state index contributed by atoms with van der Waals surface area (Å²) in [5.74, 6) is -26.6. The number of piperidine rings is 1. The van der Waals surface area contributed by atoms with Gasteiger partial charge in [0.2, 0.25) is 88.6 Å². The van der Waals surface area contributed by atoms with E-state index in [1.807, 2.05) is 0 Å². The van der Waals surface area contributed by atoms with Gasteiger partial charge in [0.05, 0.1) is 12.3 Å². The standard InChI is InChI=1S/C95H120F4N16O20S/c1-9-10-23-74-94(134)115-39-18-25-73(115)88(128)104-65(34-36-79(119)120)84(124)110-82(53(4)5)95(135)112(7)75(45-54-19-12-11-13-20-54)90(130)105-66(35-37-80(121)122)92(132)114-38-17-16-24-72(114)89(129)108-69(47-58-48-101-64-22-15-14-21-61(58)64)87(127)107-68(43-55-28-32-60(116)33-29-55)86(126)106-67(40-52(2)3)85(125)109-71(83(123)102-49-77(100)117)50-136-51-78(118)103-70(44-57-41-62(97)81(99)63(98)42-57)91(131)113(8)76(93(133)111(74)6)46-56-26-30-59(96)31-27-56/h11-15,19-22,26-33,41-42,48,52-53,65-76,82,101,116H,9-10,16-18,23-25,34-40,43-47,49-51H2,1-8H3,(H2,100,117)(H,102,123)(H,103,118)(H,104,128)(H,105,130)(H,106,126)(H,107,127)(H,108,129)(H,109,125)(H,110,124)(H,119,120)(H,121,122)/t65-,66-,67-,68-,69+,70+,71-,72+,73+,74-,75-,76-,82+/m0/s1. The largest absolute Gasteiger partial charge is 0.508 e. The van der Waals surface area contributed by atoms with Crippen molar-refractivity contribution in [3.8, 4) is 5.75 Å². The predicted octanol–water partition coefficient (Wildman–Crippen LogP) is 3.64. The van der Waals surface area contributed by atoms with E-state index in [2.05, 4.69) is 52.8 Å². The third-order valence-electron chi connectivity index (χ3n) is 24.2. The van der Waals surface area contributed by atoms with Gasteiger partial charge in [-0.05, 0) is 140 Å². The van der Waals surface area contributed by atoms with Crippen molar-refractivity contribution in [2.24, 2.45) is 17.6 Å². The number of hydrogen-bond donors (Lipinski definition) is 14. The highest BCUT2D eigenvalue weighted by Gasteiger charge is 2.46. The minimum Gasteiger partial charge on any atom is -0.508 e. The van der Waals surface area contributed by atoms with Gasteiger partial charge in [-0.25, -0.2) is 17.6 Å². The van der Waals surface area contributed by atoms with Crippen molar-refractivity contribution in [3.63, 3.8) is 0 Å². The average molecular weight is 1910 g/mol. The molecule has 6 aromatic rings. The second kappa shape index (κ2) is 50.2. The number of carbonyl (C=O) groups excluding carboxylic acids is 15. The molecule has 0 bridgehead atoms. The number of nitrogens with one attached hydrogen (secondary N) is 10. The first-order chi connectivity index (χ1) is 64.6. The fraction of sp³-hybridized carbons (Fsp3) is 0.484. The van der Waals surface area contributed by atoms with Crippen LogP contribution in [0.2, 0.25) is 0 Å². The Bertz CT molecular complexity index is 5290. The number of aromatic hydroxyl groups is 1. The maximum absolute atomic E-state index is 15.7. The normalized spacial score (nSPS) is 23.4. The number of H-pyrrole nitrogens is 1. The Balaban J connectivity index is 1.15. The molecule has 15 amide bonds. The van der Waals surface area contributed by atoms with Gasteiger partial charge < -0.3 is 98.4 Å². The van der Waals surface area contributed by atoms with E-state index in [0.29, 0.717) is 64.3 Å². The monoisotopic (exact) mass is 1910 g/mol. The van der Waals surface area contributed by atoms with E-state index >= 15 is 61.5 Å². The summed E-state index contributed by atoms with van der Waals surface area (Å²) in [4.78, 5) is 259. The quantitative estimate of drug-likeness (QED) is 0.0287. The summed E-state index contributed by atoms with van der Waals surface area (Å²) in [7, 11) is 3.61. The Labute approximate surface area is 788 Å². The van der Waals surface area contributed by atoms with E-state index < -0.39 is 276 Å². The SMILES string of the molecule is CCCC[C@H]1C(=O)N2CCC[C@@H]2C(=O)N[C@@H](CCC(=O)O)C(=O)N[C@H](C(C)C)C(=O)N(C)[C@@H](Cc2ccccc2)C(=O)N[C@@H](CCC(=O)O)C(=O)N2CCCC[C@@H]2C(=O)N[C@H](Cc2c[nH]c3ccccc23)C(=O)N[C@@H](Cc2ccc(O)cc2)C(=O)N[C@@H](CC(C)C)C(=O)N[C@H](C(=O)NCC(N)=O)CSCC(=O)N[C@H](Cc2cc(F)c(F)c(F)c2)C(=O)N(C)[C@@H](Cc2ccc(F)cc2)C(=O)N1C. The topological polar surface area (TPSA) is 517 Å². The van der Waals surface area contributed by atoms with Crippen molar-refractivity contribution < 1.29 is 114 Å². The number of fused-ring (bicyclic) bond motifs is 3. The molecule has 0 aliphatic carbocycles. The number of phenolic OH excluding ortho intramolecular Hbond substituents is 1. The number of unbranched alkanes of at least 4 members (excludes halogenated alkanes) is 1. The van der Waals surface area contributed by atoms with Crippen LogP contribution in [0.4, 0.5) is 17.6 Å². The molecule has 3 aliphatic rings. The highest BCUT2D eigenvalue weighted by atomic mass is 32.2. The van der Waals surface area contributed by atoms with Gasteiger partial charge in [-0.2, -0.15) is 0 Å². The fourth-order valence-corrected chi connectivity index (χ4v) is 17.6. The Kier molecular flexibility index (Phi) is 39.2. The number of nitrogens with two attached hydrogens (primary N) is 1. The van der Waals surface area contributed by atoms with Gasteiger partial charge in [-0.15, -0.1) is 11.8 Å². The van der Waals surface area contributed by atoms with Crippen LogP contribution >= 0.6 is 11.8 Å². The number of likely N-dealkylation sites (N-methyl/N-ethyl adjacent to an activating group) is 3. The maximum Gasteiger partial charge on any atom is 0.303 e. The molecule has 0 saturated carbocycles. The molecule has 4 heterocycles. The number of amides is 15. The Morgan fingerprint density at radius 3 is 1.64 bits per heavy atom.